The number of rotatable bonds is 3. The van der Waals surface area contributed by atoms with Crippen LogP contribution < -0.4 is 5.32 Å². The van der Waals surface area contributed by atoms with Crippen molar-refractivity contribution in [3.8, 4) is 10.7 Å². The third-order valence-electron chi connectivity index (χ3n) is 1.54. The molecule has 2 aromatic rings. The van der Waals surface area contributed by atoms with Crippen molar-refractivity contribution >= 4 is 11.3 Å². The van der Waals surface area contributed by atoms with E-state index in [0.29, 0.717) is 0 Å². The normalized spacial score (nSPS) is 10.5. The summed E-state index contributed by atoms with van der Waals surface area (Å²) >= 11 is 1.57. The highest BCUT2D eigenvalue weighted by Gasteiger charge is 2.05. The fourth-order valence-corrected chi connectivity index (χ4v) is 1.76. The smallest absolute Gasteiger partial charge is 0.145 e. The van der Waals surface area contributed by atoms with Gasteiger partial charge in [-0.3, -0.25) is 0 Å². The molecule has 0 saturated carbocycles. The molecule has 0 aliphatic heterocycles. The van der Waals surface area contributed by atoms with Gasteiger partial charge in [0.25, 0.3) is 0 Å². The Hall–Kier alpha value is -1.27. The number of aromatic amines is 1. The molecule has 0 bridgehead atoms. The Balaban J connectivity index is 2.23. The first-order chi connectivity index (χ1) is 6.40. The van der Waals surface area contributed by atoms with Crippen molar-refractivity contribution in [1.82, 2.24) is 25.7 Å². The van der Waals surface area contributed by atoms with Gasteiger partial charge in [-0.2, -0.15) is 15.4 Å². The summed E-state index contributed by atoms with van der Waals surface area (Å²) in [4.78, 5) is 4.38. The molecule has 0 aromatic carbocycles. The van der Waals surface area contributed by atoms with Crippen LogP contribution in [0.1, 0.15) is 5.69 Å². The van der Waals surface area contributed by atoms with Crippen LogP contribution in [0.3, 0.4) is 0 Å². The fraction of sp³-hybridized carbons (Fsp3) is 0.286. The highest BCUT2D eigenvalue weighted by Crippen LogP contribution is 2.20. The van der Waals surface area contributed by atoms with Gasteiger partial charge in [0, 0.05) is 11.9 Å². The van der Waals surface area contributed by atoms with E-state index < -0.39 is 0 Å². The van der Waals surface area contributed by atoms with E-state index >= 15 is 0 Å². The minimum atomic E-state index is 0.786. The van der Waals surface area contributed by atoms with Crippen LogP contribution in [0.5, 0.6) is 0 Å². The van der Waals surface area contributed by atoms with Crippen LogP contribution in [-0.2, 0) is 6.54 Å². The van der Waals surface area contributed by atoms with Gasteiger partial charge in [0.1, 0.15) is 10.7 Å². The third-order valence-corrected chi connectivity index (χ3v) is 2.46. The Kier molecular flexibility index (Phi) is 2.33. The average molecular weight is 195 g/mol. The lowest BCUT2D eigenvalue weighted by atomic mass is 10.4. The van der Waals surface area contributed by atoms with Crippen molar-refractivity contribution in [3.63, 3.8) is 0 Å². The van der Waals surface area contributed by atoms with Gasteiger partial charge in [-0.1, -0.05) is 0 Å². The molecule has 0 fully saturated rings. The number of aromatic nitrogens is 4. The van der Waals surface area contributed by atoms with Crippen LogP contribution >= 0.6 is 11.3 Å². The molecular formula is C7H9N5S. The zero-order chi connectivity index (χ0) is 9.10. The first kappa shape index (κ1) is 8.33. The summed E-state index contributed by atoms with van der Waals surface area (Å²) < 4.78 is 0. The molecule has 0 aliphatic rings. The van der Waals surface area contributed by atoms with Crippen molar-refractivity contribution < 1.29 is 0 Å². The predicted molar refractivity (Wildman–Crippen MR) is 50.3 cm³/mol. The van der Waals surface area contributed by atoms with E-state index in [1.54, 1.807) is 17.5 Å². The second kappa shape index (κ2) is 3.63. The number of thiazole rings is 1. The summed E-state index contributed by atoms with van der Waals surface area (Å²) in [7, 11) is 1.90. The van der Waals surface area contributed by atoms with E-state index in [2.05, 4.69) is 25.7 Å². The lowest BCUT2D eigenvalue weighted by molar-refractivity contribution is 0.798. The maximum Gasteiger partial charge on any atom is 0.145 e. The molecular weight excluding hydrogens is 186 g/mol. The Morgan fingerprint density at radius 2 is 2.54 bits per heavy atom. The Morgan fingerprint density at radius 1 is 1.62 bits per heavy atom. The van der Waals surface area contributed by atoms with Crippen LogP contribution in [0.2, 0.25) is 0 Å². The highest BCUT2D eigenvalue weighted by atomic mass is 32.1. The van der Waals surface area contributed by atoms with Crippen LogP contribution in [0.25, 0.3) is 10.7 Å². The van der Waals surface area contributed by atoms with Gasteiger partial charge >= 0.3 is 0 Å². The van der Waals surface area contributed by atoms with Crippen molar-refractivity contribution in [1.29, 1.82) is 0 Å². The molecule has 2 heterocycles. The first-order valence-corrected chi connectivity index (χ1v) is 4.73. The predicted octanol–water partition coefficient (Wildman–Crippen LogP) is 0.648. The zero-order valence-corrected chi connectivity index (χ0v) is 7.93. The molecule has 68 valence electrons. The number of nitrogens with one attached hydrogen (secondary N) is 2. The lowest BCUT2D eigenvalue weighted by Crippen LogP contribution is -2.04. The summed E-state index contributed by atoms with van der Waals surface area (Å²) in [6.07, 6.45) is 1.67. The lowest BCUT2D eigenvalue weighted by Gasteiger charge is -1.90. The molecule has 2 N–H and O–H groups in total. The molecule has 2 aromatic heterocycles. The van der Waals surface area contributed by atoms with Gasteiger partial charge in [-0.15, -0.1) is 11.3 Å². The SMILES string of the molecule is CNCc1csc(-c2cn[nH]n2)n1. The van der Waals surface area contributed by atoms with Crippen LogP contribution in [0, 0.1) is 0 Å². The molecule has 5 nitrogen and oxygen atoms in total. The third kappa shape index (κ3) is 1.73. The standard InChI is InChI=1S/C7H9N5S/c1-8-2-5-4-13-7(10-5)6-3-9-12-11-6/h3-4,8H,2H2,1H3,(H,9,11,12). The van der Waals surface area contributed by atoms with Crippen molar-refractivity contribution in [3.05, 3.63) is 17.3 Å². The summed E-state index contributed by atoms with van der Waals surface area (Å²) in [5, 5.41) is 16.2. The quantitative estimate of drug-likeness (QED) is 0.754. The van der Waals surface area contributed by atoms with Crippen LogP contribution in [0.4, 0.5) is 0 Å². The maximum atomic E-state index is 4.38. The topological polar surface area (TPSA) is 66.5 Å². The first-order valence-electron chi connectivity index (χ1n) is 3.85. The summed E-state index contributed by atoms with van der Waals surface area (Å²) in [6, 6.07) is 0. The van der Waals surface area contributed by atoms with Gasteiger partial charge in [-0.25, -0.2) is 4.98 Å². The van der Waals surface area contributed by atoms with E-state index in [-0.39, 0.29) is 0 Å². The van der Waals surface area contributed by atoms with Crippen molar-refractivity contribution in [2.45, 2.75) is 6.54 Å². The Labute approximate surface area is 79.2 Å². The molecule has 0 spiro atoms. The number of H-pyrrole nitrogens is 1. The summed E-state index contributed by atoms with van der Waals surface area (Å²) in [5.74, 6) is 0. The van der Waals surface area contributed by atoms with Gasteiger partial charge in [-0.05, 0) is 7.05 Å². The minimum absolute atomic E-state index is 0.786. The number of hydrogen-bond donors (Lipinski definition) is 2. The molecule has 13 heavy (non-hydrogen) atoms. The zero-order valence-electron chi connectivity index (χ0n) is 7.11. The van der Waals surface area contributed by atoms with Gasteiger partial charge < -0.3 is 5.32 Å². The van der Waals surface area contributed by atoms with E-state index in [4.69, 9.17) is 0 Å². The molecule has 0 radical (unpaired) electrons. The molecule has 2 rings (SSSR count). The van der Waals surface area contributed by atoms with E-state index in [1.807, 2.05) is 12.4 Å². The van der Waals surface area contributed by atoms with Crippen LogP contribution in [-0.4, -0.2) is 27.4 Å². The Bertz CT molecular complexity index is 366. The molecule has 0 atom stereocenters. The second-order valence-corrected chi connectivity index (χ2v) is 3.39. The number of hydrogen-bond acceptors (Lipinski definition) is 5. The summed E-state index contributed by atoms with van der Waals surface area (Å²) in [5.41, 5.74) is 1.83. The van der Waals surface area contributed by atoms with Gasteiger partial charge in [0.15, 0.2) is 0 Å². The second-order valence-electron chi connectivity index (χ2n) is 2.53. The number of nitrogens with zero attached hydrogens (tertiary/aromatic N) is 3. The average Bonchev–Trinajstić information content (AvgIpc) is 2.70. The fourth-order valence-electron chi connectivity index (χ4n) is 0.992. The summed E-state index contributed by atoms with van der Waals surface area (Å²) in [6.45, 7) is 0.786. The van der Waals surface area contributed by atoms with E-state index in [1.165, 1.54) is 0 Å². The van der Waals surface area contributed by atoms with Crippen molar-refractivity contribution in [2.75, 3.05) is 7.05 Å². The molecule has 0 amide bonds. The van der Waals surface area contributed by atoms with E-state index in [0.717, 1.165) is 22.9 Å². The largest absolute Gasteiger partial charge is 0.314 e. The minimum Gasteiger partial charge on any atom is -0.314 e. The maximum absolute atomic E-state index is 4.38. The molecule has 0 aliphatic carbocycles. The van der Waals surface area contributed by atoms with Gasteiger partial charge in [0.05, 0.1) is 11.9 Å². The highest BCUT2D eigenvalue weighted by molar-refractivity contribution is 7.13. The molecule has 6 heteroatoms. The Morgan fingerprint density at radius 3 is 3.23 bits per heavy atom. The van der Waals surface area contributed by atoms with E-state index in [9.17, 15) is 0 Å². The molecule has 0 saturated heterocycles. The monoisotopic (exact) mass is 195 g/mol. The molecule has 0 unspecified atom stereocenters. The van der Waals surface area contributed by atoms with Crippen LogP contribution in [0.15, 0.2) is 11.6 Å². The van der Waals surface area contributed by atoms with Gasteiger partial charge in [0.2, 0.25) is 0 Å². The van der Waals surface area contributed by atoms with Crippen molar-refractivity contribution in [2.24, 2.45) is 0 Å².